The van der Waals surface area contributed by atoms with Gasteiger partial charge in [-0.3, -0.25) is 0 Å². The summed E-state index contributed by atoms with van der Waals surface area (Å²) in [6, 6.07) is 0.221. The van der Waals surface area contributed by atoms with Crippen molar-refractivity contribution < 1.29 is 14.7 Å². The van der Waals surface area contributed by atoms with E-state index in [0.717, 1.165) is 19.4 Å². The van der Waals surface area contributed by atoms with Crippen molar-refractivity contribution in [3.63, 3.8) is 0 Å². The number of hydrogen-bond acceptors (Lipinski definition) is 2. The zero-order valence-electron chi connectivity index (χ0n) is 11.3. The number of hydrogen-bond donors (Lipinski definition) is 1. The second kappa shape index (κ2) is 4.44. The van der Waals surface area contributed by atoms with Gasteiger partial charge < -0.3 is 14.9 Å². The predicted octanol–water partition coefficient (Wildman–Crippen LogP) is 1.78. The summed E-state index contributed by atoms with van der Waals surface area (Å²) in [5.41, 5.74) is -1.15. The molecule has 1 N–H and O–H groups in total. The van der Waals surface area contributed by atoms with Crippen LogP contribution in [0.4, 0.5) is 4.79 Å². The molecule has 0 radical (unpaired) electrons. The molecule has 1 aliphatic carbocycles. The molecule has 1 saturated heterocycles. The number of carbonyl (C=O) groups is 2. The van der Waals surface area contributed by atoms with E-state index in [1.54, 1.807) is 13.8 Å². The average Bonchev–Trinajstić information content (AvgIpc) is 2.90. The number of likely N-dealkylation sites (tertiary alicyclic amines) is 1. The maximum Gasteiger partial charge on any atom is 0.329 e. The van der Waals surface area contributed by atoms with Gasteiger partial charge in [0.1, 0.15) is 5.54 Å². The van der Waals surface area contributed by atoms with Crippen LogP contribution in [0.5, 0.6) is 0 Å². The summed E-state index contributed by atoms with van der Waals surface area (Å²) >= 11 is 0. The van der Waals surface area contributed by atoms with Gasteiger partial charge in [0.25, 0.3) is 0 Å². The van der Waals surface area contributed by atoms with Gasteiger partial charge in [0.2, 0.25) is 0 Å². The molecule has 1 aliphatic heterocycles. The van der Waals surface area contributed by atoms with Gasteiger partial charge >= 0.3 is 12.0 Å². The summed E-state index contributed by atoms with van der Waals surface area (Å²) < 4.78 is 0. The number of piperidine rings is 1. The Morgan fingerprint density at radius 2 is 2.06 bits per heavy atom. The largest absolute Gasteiger partial charge is 0.480 e. The number of carbonyl (C=O) groups excluding carboxylic acids is 1. The van der Waals surface area contributed by atoms with Crippen molar-refractivity contribution in [3.05, 3.63) is 0 Å². The van der Waals surface area contributed by atoms with Gasteiger partial charge in [0.15, 0.2) is 0 Å². The lowest BCUT2D eigenvalue weighted by Gasteiger charge is -2.39. The highest BCUT2D eigenvalue weighted by Gasteiger charge is 2.45. The molecule has 2 unspecified atom stereocenters. The fourth-order valence-electron chi connectivity index (χ4n) is 3.20. The third kappa shape index (κ3) is 1.95. The molecule has 2 atom stereocenters. The molecular formula is C13H22N2O3. The Bertz CT molecular complexity index is 367. The SMILES string of the molecule is CCN(C(=O)N1CC2CCC1C2)C(C)(C)C(=O)O. The molecule has 2 bridgehead atoms. The monoisotopic (exact) mass is 254 g/mol. The van der Waals surface area contributed by atoms with Crippen molar-refractivity contribution in [2.45, 2.75) is 51.6 Å². The first-order valence-electron chi connectivity index (χ1n) is 6.69. The quantitative estimate of drug-likeness (QED) is 0.835. The zero-order chi connectivity index (χ0) is 13.5. The Balaban J connectivity index is 2.13. The van der Waals surface area contributed by atoms with Gasteiger partial charge in [-0.2, -0.15) is 0 Å². The van der Waals surface area contributed by atoms with E-state index in [-0.39, 0.29) is 6.03 Å². The van der Waals surface area contributed by atoms with Crippen molar-refractivity contribution in [3.8, 4) is 0 Å². The average molecular weight is 254 g/mol. The highest BCUT2D eigenvalue weighted by atomic mass is 16.4. The molecule has 0 aromatic carbocycles. The van der Waals surface area contributed by atoms with Crippen LogP contribution in [0.3, 0.4) is 0 Å². The molecule has 0 aromatic heterocycles. The van der Waals surface area contributed by atoms with E-state index >= 15 is 0 Å². The molecule has 2 rings (SSSR count). The summed E-state index contributed by atoms with van der Waals surface area (Å²) in [5, 5.41) is 9.25. The molecule has 2 amide bonds. The summed E-state index contributed by atoms with van der Waals surface area (Å²) in [6.45, 7) is 6.23. The van der Waals surface area contributed by atoms with E-state index in [1.165, 1.54) is 11.3 Å². The molecule has 5 nitrogen and oxygen atoms in total. The molecule has 2 aliphatic rings. The smallest absolute Gasteiger partial charge is 0.329 e. The fourth-order valence-corrected chi connectivity index (χ4v) is 3.20. The third-order valence-electron chi connectivity index (χ3n) is 4.40. The minimum atomic E-state index is -1.15. The number of fused-ring (bicyclic) bond motifs is 2. The highest BCUT2D eigenvalue weighted by molar-refractivity contribution is 5.86. The molecule has 1 heterocycles. The molecule has 1 saturated carbocycles. The van der Waals surface area contributed by atoms with E-state index in [0.29, 0.717) is 18.5 Å². The molecule has 0 spiro atoms. The number of carboxylic acids is 1. The van der Waals surface area contributed by atoms with Crippen LogP contribution in [-0.2, 0) is 4.79 Å². The number of likely N-dealkylation sites (N-methyl/N-ethyl adjacent to an activating group) is 1. The van der Waals surface area contributed by atoms with Crippen molar-refractivity contribution >= 4 is 12.0 Å². The van der Waals surface area contributed by atoms with E-state index in [2.05, 4.69) is 0 Å². The Kier molecular flexibility index (Phi) is 3.25. The lowest BCUT2D eigenvalue weighted by atomic mass is 10.0. The van der Waals surface area contributed by atoms with Crippen LogP contribution < -0.4 is 0 Å². The van der Waals surface area contributed by atoms with Gasteiger partial charge in [-0.25, -0.2) is 9.59 Å². The Morgan fingerprint density at radius 1 is 1.39 bits per heavy atom. The van der Waals surface area contributed by atoms with Crippen LogP contribution in [0.25, 0.3) is 0 Å². The molecule has 5 heteroatoms. The Labute approximate surface area is 108 Å². The first-order valence-corrected chi connectivity index (χ1v) is 6.69. The summed E-state index contributed by atoms with van der Waals surface area (Å²) in [5.74, 6) is -0.326. The van der Waals surface area contributed by atoms with Gasteiger partial charge in [-0.1, -0.05) is 0 Å². The summed E-state index contributed by atoms with van der Waals surface area (Å²) in [7, 11) is 0. The number of aliphatic carboxylic acids is 1. The maximum atomic E-state index is 12.5. The Hall–Kier alpha value is -1.26. The number of amides is 2. The van der Waals surface area contributed by atoms with Gasteiger partial charge in [0.05, 0.1) is 0 Å². The number of rotatable bonds is 3. The number of carboxylic acid groups (broad SMARTS) is 1. The van der Waals surface area contributed by atoms with E-state index in [1.807, 2.05) is 11.8 Å². The molecular weight excluding hydrogens is 232 g/mol. The van der Waals surface area contributed by atoms with Gasteiger partial charge in [0, 0.05) is 19.1 Å². The maximum absolute atomic E-state index is 12.5. The number of nitrogens with zero attached hydrogens (tertiary/aromatic N) is 2. The minimum Gasteiger partial charge on any atom is -0.480 e. The first-order chi connectivity index (χ1) is 8.37. The predicted molar refractivity (Wildman–Crippen MR) is 67.3 cm³/mol. The molecule has 0 aromatic rings. The molecule has 2 fully saturated rings. The first kappa shape index (κ1) is 13.2. The van der Waals surface area contributed by atoms with Crippen LogP contribution in [0, 0.1) is 5.92 Å². The molecule has 102 valence electrons. The lowest BCUT2D eigenvalue weighted by molar-refractivity contribution is -0.147. The van der Waals surface area contributed by atoms with Crippen LogP contribution in [0.1, 0.15) is 40.0 Å². The minimum absolute atomic E-state index is 0.114. The number of urea groups is 1. The topological polar surface area (TPSA) is 60.9 Å². The second-order valence-corrected chi connectivity index (χ2v) is 5.88. The van der Waals surface area contributed by atoms with E-state index in [4.69, 9.17) is 0 Å². The third-order valence-corrected chi connectivity index (χ3v) is 4.40. The van der Waals surface area contributed by atoms with Crippen molar-refractivity contribution in [2.75, 3.05) is 13.1 Å². The summed E-state index contributed by atoms with van der Waals surface area (Å²) in [4.78, 5) is 27.1. The van der Waals surface area contributed by atoms with Crippen LogP contribution >= 0.6 is 0 Å². The van der Waals surface area contributed by atoms with Gasteiger partial charge in [-0.15, -0.1) is 0 Å². The fraction of sp³-hybridized carbons (Fsp3) is 0.846. The highest BCUT2D eigenvalue weighted by Crippen LogP contribution is 2.38. The Morgan fingerprint density at radius 3 is 2.44 bits per heavy atom. The second-order valence-electron chi connectivity index (χ2n) is 5.88. The lowest BCUT2D eigenvalue weighted by Crippen LogP contribution is -2.58. The van der Waals surface area contributed by atoms with Crippen molar-refractivity contribution in [1.82, 2.24) is 9.80 Å². The van der Waals surface area contributed by atoms with Crippen LogP contribution in [0.2, 0.25) is 0 Å². The zero-order valence-corrected chi connectivity index (χ0v) is 11.3. The normalized spacial score (nSPS) is 26.5. The summed E-state index contributed by atoms with van der Waals surface area (Å²) in [6.07, 6.45) is 3.38. The molecule has 18 heavy (non-hydrogen) atoms. The van der Waals surface area contributed by atoms with Crippen molar-refractivity contribution in [1.29, 1.82) is 0 Å². The van der Waals surface area contributed by atoms with Gasteiger partial charge in [-0.05, 0) is 46.0 Å². The van der Waals surface area contributed by atoms with E-state index in [9.17, 15) is 14.7 Å². The van der Waals surface area contributed by atoms with E-state index < -0.39 is 11.5 Å². The van der Waals surface area contributed by atoms with Crippen LogP contribution in [-0.4, -0.2) is 51.6 Å². The van der Waals surface area contributed by atoms with Crippen LogP contribution in [0.15, 0.2) is 0 Å². The van der Waals surface area contributed by atoms with Crippen molar-refractivity contribution in [2.24, 2.45) is 5.92 Å². The standard InChI is InChI=1S/C13H22N2O3/c1-4-15(13(2,3)11(16)17)12(18)14-8-9-5-6-10(14)7-9/h9-10H,4-8H2,1-3H3,(H,16,17).